The molecule has 2 nitrogen and oxygen atoms in total. The average molecular weight is 364 g/mol. The normalized spacial score (nSPS) is 12.5. The third-order valence-corrected chi connectivity index (χ3v) is 4.06. The molecule has 0 fully saturated rings. The van der Waals surface area contributed by atoms with Crippen molar-refractivity contribution in [2.45, 2.75) is 6.04 Å². The van der Waals surface area contributed by atoms with Gasteiger partial charge in [0, 0.05) is 15.1 Å². The molecular formula is C13H10BrCl2FN2. The van der Waals surface area contributed by atoms with Gasteiger partial charge in [0.1, 0.15) is 5.82 Å². The van der Waals surface area contributed by atoms with E-state index < -0.39 is 11.9 Å². The molecule has 6 heteroatoms. The SMILES string of the molecule is NNC(c1ccc(Cl)c(F)c1)c1c(Cl)cccc1Br. The Hall–Kier alpha value is -0.650. The highest BCUT2D eigenvalue weighted by Crippen LogP contribution is 2.34. The predicted molar refractivity (Wildman–Crippen MR) is 79.7 cm³/mol. The van der Waals surface area contributed by atoms with Gasteiger partial charge in [-0.1, -0.05) is 51.3 Å². The molecule has 19 heavy (non-hydrogen) atoms. The number of hydrogen-bond donors (Lipinski definition) is 2. The first kappa shape index (κ1) is 14.8. The fourth-order valence-electron chi connectivity index (χ4n) is 1.82. The fourth-order valence-corrected chi connectivity index (χ4v) is 2.94. The van der Waals surface area contributed by atoms with Crippen LogP contribution in [0.25, 0.3) is 0 Å². The zero-order valence-electron chi connectivity index (χ0n) is 9.63. The number of hydrogen-bond acceptors (Lipinski definition) is 2. The summed E-state index contributed by atoms with van der Waals surface area (Å²) in [5.74, 6) is 5.08. The van der Waals surface area contributed by atoms with E-state index >= 15 is 0 Å². The highest BCUT2D eigenvalue weighted by atomic mass is 79.9. The van der Waals surface area contributed by atoms with Crippen molar-refractivity contribution in [3.63, 3.8) is 0 Å². The first-order valence-corrected chi connectivity index (χ1v) is 6.94. The Balaban J connectivity index is 2.53. The van der Waals surface area contributed by atoms with Crippen LogP contribution in [0.4, 0.5) is 4.39 Å². The molecule has 3 N–H and O–H groups in total. The molecule has 0 aliphatic carbocycles. The molecule has 0 spiro atoms. The molecule has 0 radical (unpaired) electrons. The zero-order chi connectivity index (χ0) is 14.0. The van der Waals surface area contributed by atoms with E-state index in [1.54, 1.807) is 12.1 Å². The molecule has 2 aromatic rings. The summed E-state index contributed by atoms with van der Waals surface area (Å²) < 4.78 is 14.3. The van der Waals surface area contributed by atoms with Crippen LogP contribution in [0.2, 0.25) is 10.0 Å². The van der Waals surface area contributed by atoms with Crippen molar-refractivity contribution in [3.05, 3.63) is 67.9 Å². The van der Waals surface area contributed by atoms with Crippen LogP contribution in [0.15, 0.2) is 40.9 Å². The van der Waals surface area contributed by atoms with Crippen molar-refractivity contribution in [2.24, 2.45) is 5.84 Å². The van der Waals surface area contributed by atoms with E-state index in [2.05, 4.69) is 21.4 Å². The van der Waals surface area contributed by atoms with Crippen LogP contribution in [-0.2, 0) is 0 Å². The number of benzene rings is 2. The van der Waals surface area contributed by atoms with Gasteiger partial charge in [0.05, 0.1) is 11.1 Å². The van der Waals surface area contributed by atoms with Crippen LogP contribution < -0.4 is 11.3 Å². The number of nitrogens with two attached hydrogens (primary N) is 1. The summed E-state index contributed by atoms with van der Waals surface area (Å²) in [5.41, 5.74) is 4.02. The van der Waals surface area contributed by atoms with Crippen LogP contribution in [-0.4, -0.2) is 0 Å². The van der Waals surface area contributed by atoms with E-state index in [-0.39, 0.29) is 5.02 Å². The molecule has 100 valence electrons. The third kappa shape index (κ3) is 3.09. The molecular weight excluding hydrogens is 354 g/mol. The van der Waals surface area contributed by atoms with E-state index in [0.29, 0.717) is 10.6 Å². The van der Waals surface area contributed by atoms with Crippen molar-refractivity contribution >= 4 is 39.1 Å². The topological polar surface area (TPSA) is 38.0 Å². The first-order valence-electron chi connectivity index (χ1n) is 5.39. The minimum absolute atomic E-state index is 0.0674. The third-order valence-electron chi connectivity index (χ3n) is 2.73. The summed E-state index contributed by atoms with van der Waals surface area (Å²) in [6, 6.07) is 9.49. The maximum absolute atomic E-state index is 13.5. The number of halogens is 4. The Bertz CT molecular complexity index is 587. The largest absolute Gasteiger partial charge is 0.271 e. The van der Waals surface area contributed by atoms with Crippen LogP contribution >= 0.6 is 39.1 Å². The molecule has 1 unspecified atom stereocenters. The number of rotatable bonds is 3. The molecule has 0 aliphatic rings. The van der Waals surface area contributed by atoms with E-state index in [1.165, 1.54) is 12.1 Å². The second-order valence-corrected chi connectivity index (χ2v) is 5.58. The molecule has 0 bridgehead atoms. The molecule has 0 amide bonds. The first-order chi connectivity index (χ1) is 9.04. The summed E-state index contributed by atoms with van der Waals surface area (Å²) in [7, 11) is 0. The van der Waals surface area contributed by atoms with Gasteiger partial charge < -0.3 is 0 Å². The van der Waals surface area contributed by atoms with Crippen molar-refractivity contribution in [1.29, 1.82) is 0 Å². The second-order valence-electron chi connectivity index (χ2n) is 3.91. The highest BCUT2D eigenvalue weighted by molar-refractivity contribution is 9.10. The van der Waals surface area contributed by atoms with Crippen LogP contribution in [0.5, 0.6) is 0 Å². The van der Waals surface area contributed by atoms with E-state index in [4.69, 9.17) is 29.0 Å². The van der Waals surface area contributed by atoms with Gasteiger partial charge in [-0.15, -0.1) is 0 Å². The van der Waals surface area contributed by atoms with Crippen molar-refractivity contribution in [2.75, 3.05) is 0 Å². The quantitative estimate of drug-likeness (QED) is 0.624. The molecule has 2 aromatic carbocycles. The number of hydrazine groups is 1. The fraction of sp³-hybridized carbons (Fsp3) is 0.0769. The Labute approximate surface area is 128 Å². The van der Waals surface area contributed by atoms with Gasteiger partial charge >= 0.3 is 0 Å². The van der Waals surface area contributed by atoms with Crippen LogP contribution in [0.3, 0.4) is 0 Å². The van der Waals surface area contributed by atoms with Gasteiger partial charge in [-0.05, 0) is 29.8 Å². The van der Waals surface area contributed by atoms with Crippen molar-refractivity contribution in [3.8, 4) is 0 Å². The lowest BCUT2D eigenvalue weighted by atomic mass is 9.99. The Morgan fingerprint density at radius 2 is 1.89 bits per heavy atom. The predicted octanol–water partition coefficient (Wildman–Crippen LogP) is 4.45. The van der Waals surface area contributed by atoms with Gasteiger partial charge in [-0.3, -0.25) is 5.84 Å². The number of nitrogens with one attached hydrogen (secondary N) is 1. The van der Waals surface area contributed by atoms with Gasteiger partial charge in [-0.2, -0.15) is 0 Å². The lowest BCUT2D eigenvalue weighted by Crippen LogP contribution is -2.29. The Morgan fingerprint density at radius 1 is 1.16 bits per heavy atom. The molecule has 0 saturated carbocycles. The summed E-state index contributed by atoms with van der Waals surface area (Å²) in [4.78, 5) is 0. The van der Waals surface area contributed by atoms with E-state index in [1.807, 2.05) is 12.1 Å². The molecule has 1 atom stereocenters. The summed E-state index contributed by atoms with van der Waals surface area (Å²) in [5, 5.41) is 0.602. The van der Waals surface area contributed by atoms with E-state index in [9.17, 15) is 4.39 Å². The van der Waals surface area contributed by atoms with E-state index in [0.717, 1.165) is 10.0 Å². The summed E-state index contributed by atoms with van der Waals surface area (Å²) in [6.45, 7) is 0. The van der Waals surface area contributed by atoms with Crippen molar-refractivity contribution < 1.29 is 4.39 Å². The van der Waals surface area contributed by atoms with Crippen LogP contribution in [0.1, 0.15) is 17.2 Å². The highest BCUT2D eigenvalue weighted by Gasteiger charge is 2.19. The summed E-state index contributed by atoms with van der Waals surface area (Å²) in [6.07, 6.45) is 0. The lowest BCUT2D eigenvalue weighted by molar-refractivity contribution is 0.604. The molecule has 2 rings (SSSR count). The van der Waals surface area contributed by atoms with Gasteiger partial charge in [0.2, 0.25) is 0 Å². The Kier molecular flexibility index (Phi) is 4.81. The van der Waals surface area contributed by atoms with Gasteiger partial charge in [-0.25, -0.2) is 9.82 Å². The minimum Gasteiger partial charge on any atom is -0.271 e. The summed E-state index contributed by atoms with van der Waals surface area (Å²) >= 11 is 15.3. The van der Waals surface area contributed by atoms with Crippen LogP contribution in [0, 0.1) is 5.82 Å². The standard InChI is InChI=1S/C13H10BrCl2FN2/c14-8-2-1-3-10(16)12(8)13(19-18)7-4-5-9(15)11(17)6-7/h1-6,13,19H,18H2. The zero-order valence-corrected chi connectivity index (χ0v) is 12.7. The van der Waals surface area contributed by atoms with Gasteiger partial charge in [0.25, 0.3) is 0 Å². The lowest BCUT2D eigenvalue weighted by Gasteiger charge is -2.20. The monoisotopic (exact) mass is 362 g/mol. The molecule has 0 saturated heterocycles. The maximum atomic E-state index is 13.5. The smallest absolute Gasteiger partial charge is 0.142 e. The average Bonchev–Trinajstić information content (AvgIpc) is 2.37. The minimum atomic E-state index is -0.498. The molecule has 0 aliphatic heterocycles. The van der Waals surface area contributed by atoms with Gasteiger partial charge in [0.15, 0.2) is 0 Å². The second kappa shape index (κ2) is 6.20. The maximum Gasteiger partial charge on any atom is 0.142 e. The molecule has 0 heterocycles. The van der Waals surface area contributed by atoms with Crippen molar-refractivity contribution in [1.82, 2.24) is 5.43 Å². The Morgan fingerprint density at radius 3 is 2.47 bits per heavy atom. The molecule has 0 aromatic heterocycles.